The quantitative estimate of drug-likeness (QED) is 0.122. The smallest absolute Gasteiger partial charge is 0.290 e. The lowest BCUT2D eigenvalue weighted by Crippen LogP contribution is -2.52. The van der Waals surface area contributed by atoms with Gasteiger partial charge in [0.2, 0.25) is 23.4 Å². The van der Waals surface area contributed by atoms with Crippen molar-refractivity contribution < 1.29 is 61.5 Å². The Morgan fingerprint density at radius 2 is 0.963 bits per heavy atom. The van der Waals surface area contributed by atoms with Gasteiger partial charge in [0.05, 0.1) is 28.6 Å². The van der Waals surface area contributed by atoms with Crippen LogP contribution in [0.3, 0.4) is 0 Å². The number of hydrogen-bond acceptors (Lipinski definition) is 13. The Bertz CT molecular complexity index is 2370. The van der Waals surface area contributed by atoms with E-state index in [-0.39, 0.29) is 102 Å². The summed E-state index contributed by atoms with van der Waals surface area (Å²) < 4.78 is 25.8. The van der Waals surface area contributed by atoms with E-state index in [9.17, 15) is 51.6 Å². The van der Waals surface area contributed by atoms with Crippen molar-refractivity contribution in [3.05, 3.63) is 0 Å². The summed E-state index contributed by atoms with van der Waals surface area (Å²) in [5.74, 6) is -5.61. The van der Waals surface area contributed by atoms with Crippen molar-refractivity contribution in [2.24, 2.45) is 74.9 Å². The Balaban J connectivity index is 0.000000305. The number of primary amides is 2. The molecule has 19 heteroatoms. The van der Waals surface area contributed by atoms with E-state index in [0.717, 1.165) is 109 Å². The monoisotopic (exact) mass is 1140 g/mol. The minimum Gasteiger partial charge on any atom is -0.483 e. The van der Waals surface area contributed by atoms with Crippen LogP contribution in [-0.2, 0) is 57.8 Å². The normalized spacial score (nSPS) is 31.4. The largest absolute Gasteiger partial charge is 0.483 e. The van der Waals surface area contributed by atoms with E-state index >= 15 is 0 Å². The zero-order chi connectivity index (χ0) is 59.5. The zero-order valence-electron chi connectivity index (χ0n) is 49.4. The Labute approximate surface area is 476 Å². The lowest BCUT2D eigenvalue weighted by molar-refractivity contribution is -0.145. The molecule has 3 aliphatic carbocycles. The van der Waals surface area contributed by atoms with Crippen LogP contribution in [0.5, 0.6) is 0 Å². The van der Waals surface area contributed by atoms with Gasteiger partial charge in [-0.05, 0) is 99.2 Å². The van der Waals surface area contributed by atoms with Crippen molar-refractivity contribution in [2.75, 3.05) is 18.8 Å². The summed E-state index contributed by atoms with van der Waals surface area (Å²) in [6.45, 7) is 14.4. The van der Waals surface area contributed by atoms with Gasteiger partial charge in [-0.3, -0.25) is 47.9 Å². The maximum absolute atomic E-state index is 14.4. The molecule has 10 atom stereocenters. The van der Waals surface area contributed by atoms with Gasteiger partial charge < -0.3 is 32.1 Å². The van der Waals surface area contributed by atoms with Gasteiger partial charge in [-0.15, -0.1) is 0 Å². The third-order valence-corrected chi connectivity index (χ3v) is 22.9. The van der Waals surface area contributed by atoms with Crippen molar-refractivity contribution in [3.63, 3.8) is 0 Å². The highest BCUT2D eigenvalue weighted by Gasteiger charge is 2.70. The van der Waals surface area contributed by atoms with Crippen molar-refractivity contribution >= 4 is 68.9 Å². The molecule has 0 aromatic heterocycles. The molecule has 3 saturated carbocycles. The summed E-state index contributed by atoms with van der Waals surface area (Å²) in [6.07, 6.45) is 19.8. The second kappa shape index (κ2) is 28.3. The Kier molecular flexibility index (Phi) is 23.5. The topological polar surface area (TPSA) is 310 Å². The molecule has 4 saturated heterocycles. The van der Waals surface area contributed by atoms with Crippen molar-refractivity contribution in [1.82, 2.24) is 9.80 Å². The molecule has 4 aliphatic heterocycles. The molecule has 7 rings (SSSR count). The van der Waals surface area contributed by atoms with Crippen molar-refractivity contribution in [1.29, 1.82) is 0 Å². The maximum Gasteiger partial charge on any atom is 0.290 e. The first-order chi connectivity index (χ1) is 37.5. The number of sulfone groups is 1. The molecule has 80 heavy (non-hydrogen) atoms. The fourth-order valence-corrected chi connectivity index (χ4v) is 16.4. The minimum absolute atomic E-state index is 0.00519. The SMILES string of the molecule is CC1(C)[C@@H]2[C@H]3C(=O)C[C@H](C(=O)C(N)=O)CCCCCCCCC[C@H](CC(=O)CC4(CS(=O)(=O)C(C)(C)C)CCCCC4)C(=O)N3C[C@@H]21.CC1(C)[C@@H]2[C@H]3C(=O)C[C@H](C(=O)C(N)=O)CCCCCCCCC[C@H](N)C(=O)N3C[C@@H]21.O=CO. The fraction of sp³-hybridized carbons (Fsp3) is 0.836. The molecule has 7 N–H and O–H groups in total. The summed E-state index contributed by atoms with van der Waals surface area (Å²) in [5, 5.41) is 6.89. The van der Waals surface area contributed by atoms with Crippen LogP contribution in [0.4, 0.5) is 0 Å². The minimum atomic E-state index is -3.45. The summed E-state index contributed by atoms with van der Waals surface area (Å²) >= 11 is 0. The average Bonchev–Trinajstić information content (AvgIpc) is 3.81. The van der Waals surface area contributed by atoms with Crippen molar-refractivity contribution in [2.45, 2.75) is 245 Å². The number of Topliss-reactive ketones (excluding diaryl/α,β-unsaturated/α-hetero) is 5. The number of nitrogens with two attached hydrogens (primary N) is 3. The van der Waals surface area contributed by atoms with Gasteiger partial charge in [-0.2, -0.15) is 0 Å². The van der Waals surface area contributed by atoms with Gasteiger partial charge in [0, 0.05) is 56.5 Å². The van der Waals surface area contributed by atoms with Crippen LogP contribution >= 0.6 is 0 Å². The Morgan fingerprint density at radius 1 is 0.600 bits per heavy atom. The number of carboxylic acid groups (broad SMARTS) is 1. The second-order valence-electron chi connectivity index (χ2n) is 27.3. The summed E-state index contributed by atoms with van der Waals surface area (Å²) in [4.78, 5) is 129. The molecule has 0 unspecified atom stereocenters. The summed E-state index contributed by atoms with van der Waals surface area (Å²) in [5.41, 5.74) is 16.1. The van der Waals surface area contributed by atoms with Crippen LogP contribution < -0.4 is 17.2 Å². The third kappa shape index (κ3) is 16.4. The predicted octanol–water partition coefficient (Wildman–Crippen LogP) is 7.40. The molecule has 0 spiro atoms. The van der Waals surface area contributed by atoms with E-state index in [0.29, 0.717) is 51.6 Å². The molecular formula is C61H99N5O13S. The second-order valence-corrected chi connectivity index (χ2v) is 30.1. The third-order valence-electron chi connectivity index (χ3n) is 20.0. The maximum atomic E-state index is 14.4. The van der Waals surface area contributed by atoms with E-state index < -0.39 is 79.3 Å². The highest BCUT2D eigenvalue weighted by Crippen LogP contribution is 2.66. The molecule has 452 valence electrons. The van der Waals surface area contributed by atoms with Crippen molar-refractivity contribution in [3.8, 4) is 0 Å². The molecule has 4 heterocycles. The van der Waals surface area contributed by atoms with Crippen LogP contribution in [0.1, 0.15) is 222 Å². The van der Waals surface area contributed by atoms with Gasteiger partial charge in [0.1, 0.15) is 5.78 Å². The first kappa shape index (κ1) is 66.4. The van der Waals surface area contributed by atoms with Gasteiger partial charge in [0.25, 0.3) is 18.3 Å². The number of rotatable bonds is 10. The number of carbonyl (C=O) groups excluding carboxylic acids is 9. The first-order valence-electron chi connectivity index (χ1n) is 30.4. The lowest BCUT2D eigenvalue weighted by Gasteiger charge is -2.39. The molecule has 7 fully saturated rings. The van der Waals surface area contributed by atoms with Crippen LogP contribution in [0.25, 0.3) is 0 Å². The van der Waals surface area contributed by atoms with Crippen LogP contribution in [-0.4, -0.2) is 124 Å². The molecule has 4 amide bonds. The number of fused-ring (bicyclic) bond motifs is 6. The van der Waals surface area contributed by atoms with E-state index in [4.69, 9.17) is 27.1 Å². The highest BCUT2D eigenvalue weighted by atomic mass is 32.2. The molecule has 0 aromatic carbocycles. The first-order valence-corrected chi connectivity index (χ1v) is 32.0. The zero-order valence-corrected chi connectivity index (χ0v) is 50.3. The average molecular weight is 1140 g/mol. The Morgan fingerprint density at radius 3 is 1.36 bits per heavy atom. The number of carbonyl (C=O) groups is 10. The summed E-state index contributed by atoms with van der Waals surface area (Å²) in [6, 6.07) is -1.81. The van der Waals surface area contributed by atoms with Gasteiger partial charge in [-0.1, -0.05) is 137 Å². The Hall–Kier alpha value is -4.39. The molecule has 0 bridgehead atoms. The van der Waals surface area contributed by atoms with Crippen LogP contribution in [0, 0.1) is 57.7 Å². The van der Waals surface area contributed by atoms with E-state index in [2.05, 4.69) is 27.7 Å². The molecular weight excluding hydrogens is 1040 g/mol. The van der Waals surface area contributed by atoms with E-state index in [1.165, 1.54) is 0 Å². The number of nitrogens with zero attached hydrogens (tertiary/aromatic N) is 2. The van der Waals surface area contributed by atoms with E-state index in [1.807, 2.05) is 0 Å². The van der Waals surface area contributed by atoms with Gasteiger partial charge in [-0.25, -0.2) is 8.42 Å². The van der Waals surface area contributed by atoms with E-state index in [1.54, 1.807) is 30.6 Å². The van der Waals surface area contributed by atoms with Gasteiger partial charge in [0.15, 0.2) is 21.4 Å². The lowest BCUT2D eigenvalue weighted by atomic mass is 9.71. The van der Waals surface area contributed by atoms with Crippen LogP contribution in [0.15, 0.2) is 0 Å². The highest BCUT2D eigenvalue weighted by molar-refractivity contribution is 7.92. The number of hydrogen-bond donors (Lipinski definition) is 4. The van der Waals surface area contributed by atoms with Crippen LogP contribution in [0.2, 0.25) is 0 Å². The molecule has 7 aliphatic rings. The molecule has 0 radical (unpaired) electrons. The summed E-state index contributed by atoms with van der Waals surface area (Å²) in [7, 11) is -3.45. The molecule has 0 aromatic rings. The molecule has 18 nitrogen and oxygen atoms in total. The standard InChI is InChI=1S/C37H60N2O7S.C23H37N3O4.CH2O2/c1-35(2,3)47(45,46)24-37(18-14-11-15-19-37)22-27(40)20-26-17-13-10-8-6-7-9-12-16-25(32(42)33(38)43)21-29(41)31-30-28(36(30,4)5)23-39(31)34(26)44;1-23(2)15-13-26-19(18(15)23)17(27)12-14(20(28)21(25)29)10-8-6-4-3-5-7-9-11-16(24)22(26)30;2-1-3/h25-26,28,30-31H,6-24H2,1-5H3,(H2,38,43);14-16,18-19H,3-13,24H2,1-2H3,(H2,25,29);1H,(H,2,3)/t25-,26-,28+,30+,31-;14-,15+,16+,18+,19-;/m11./s1. The van der Waals surface area contributed by atoms with Gasteiger partial charge >= 0.3 is 0 Å². The number of piperidine rings is 2. The number of ketones is 5. The predicted molar refractivity (Wildman–Crippen MR) is 304 cm³/mol. The number of amides is 4. The fourth-order valence-electron chi connectivity index (χ4n) is 14.8.